The molecule has 0 spiro atoms. The van der Waals surface area contributed by atoms with E-state index in [1.165, 1.54) is 97.1 Å². The number of amides is 4. The molecule has 0 aliphatic rings. The normalized spacial score (nSPS) is 10.7. The molecular formula is C41H27ClN8O8. The van der Waals surface area contributed by atoms with Crippen LogP contribution in [0.4, 0.5) is 34.1 Å². The van der Waals surface area contributed by atoms with Crippen molar-refractivity contribution in [3.8, 4) is 11.4 Å². The fourth-order valence-electron chi connectivity index (χ4n) is 5.84. The summed E-state index contributed by atoms with van der Waals surface area (Å²) >= 11 is 6.70. The highest BCUT2D eigenvalue weighted by molar-refractivity contribution is 6.38. The van der Waals surface area contributed by atoms with Gasteiger partial charge in [0.25, 0.3) is 35.0 Å². The van der Waals surface area contributed by atoms with E-state index in [1.54, 1.807) is 36.4 Å². The van der Waals surface area contributed by atoms with Gasteiger partial charge >= 0.3 is 0 Å². The van der Waals surface area contributed by atoms with Gasteiger partial charge in [-0.15, -0.1) is 0 Å². The number of nitro benzene ring substituents is 2. The number of hydrogen-bond donors (Lipinski definition) is 5. The van der Waals surface area contributed by atoms with Crippen LogP contribution in [0.25, 0.3) is 22.4 Å². The van der Waals surface area contributed by atoms with Crippen LogP contribution in [0.1, 0.15) is 41.4 Å². The zero-order valence-corrected chi connectivity index (χ0v) is 30.4. The molecule has 0 atom stereocenters. The summed E-state index contributed by atoms with van der Waals surface area (Å²) in [7, 11) is 0. The van der Waals surface area contributed by atoms with Gasteiger partial charge in [-0.25, -0.2) is 4.98 Å². The van der Waals surface area contributed by atoms with Crippen LogP contribution in [-0.2, 0) is 0 Å². The number of benzene rings is 6. The zero-order chi connectivity index (χ0) is 40.9. The summed E-state index contributed by atoms with van der Waals surface area (Å²) in [6.45, 7) is 0. The van der Waals surface area contributed by atoms with E-state index < -0.39 is 33.5 Å². The molecule has 1 heterocycles. The Morgan fingerprint density at radius 1 is 0.534 bits per heavy atom. The molecule has 1 aromatic heterocycles. The third-order valence-electron chi connectivity index (χ3n) is 8.76. The smallest absolute Gasteiger partial charge is 0.282 e. The minimum absolute atomic E-state index is 0.0908. The van der Waals surface area contributed by atoms with Crippen molar-refractivity contribution in [2.75, 3.05) is 21.3 Å². The molecule has 0 unspecified atom stereocenters. The highest BCUT2D eigenvalue weighted by Crippen LogP contribution is 2.33. The first kappa shape index (κ1) is 38.1. The summed E-state index contributed by atoms with van der Waals surface area (Å²) in [5.74, 6) is -1.73. The molecule has 0 aliphatic carbocycles. The molecule has 16 nitrogen and oxygen atoms in total. The van der Waals surface area contributed by atoms with Crippen molar-refractivity contribution in [1.29, 1.82) is 0 Å². The van der Waals surface area contributed by atoms with Gasteiger partial charge in [0.1, 0.15) is 17.0 Å². The molecule has 0 saturated heterocycles. The monoisotopic (exact) mass is 794 g/mol. The molecule has 6 aromatic carbocycles. The number of aromatic nitrogens is 2. The first-order chi connectivity index (χ1) is 27.9. The van der Waals surface area contributed by atoms with Crippen LogP contribution in [0.5, 0.6) is 0 Å². The first-order valence-corrected chi connectivity index (χ1v) is 17.5. The second-order valence-electron chi connectivity index (χ2n) is 12.5. The van der Waals surface area contributed by atoms with Crippen LogP contribution in [0.2, 0.25) is 5.02 Å². The molecule has 4 amide bonds. The number of carbonyl (C=O) groups is 4. The number of hydrogen-bond acceptors (Lipinski definition) is 9. The largest absolute Gasteiger partial charge is 0.337 e. The lowest BCUT2D eigenvalue weighted by molar-refractivity contribution is -0.385. The Balaban J connectivity index is 0.963. The second kappa shape index (κ2) is 16.2. The quantitative estimate of drug-likeness (QED) is 0.0621. The summed E-state index contributed by atoms with van der Waals surface area (Å²) in [5.41, 5.74) is 2.91. The number of carbonyl (C=O) groups excluding carboxylic acids is 4. The molecule has 58 heavy (non-hydrogen) atoms. The third kappa shape index (κ3) is 8.21. The lowest BCUT2D eigenvalue weighted by atomic mass is 10.1. The molecule has 17 heteroatoms. The summed E-state index contributed by atoms with van der Waals surface area (Å²) in [5, 5.41) is 33.6. The summed E-state index contributed by atoms with van der Waals surface area (Å²) < 4.78 is 0. The highest BCUT2D eigenvalue weighted by atomic mass is 35.5. The summed E-state index contributed by atoms with van der Waals surface area (Å²) in [4.78, 5) is 80.5. The fraction of sp³-hybridized carbons (Fsp3) is 0. The summed E-state index contributed by atoms with van der Waals surface area (Å²) in [6.07, 6.45) is 0. The van der Waals surface area contributed by atoms with Gasteiger partial charge in [-0.05, 0) is 97.1 Å². The number of rotatable bonds is 11. The number of nitro groups is 2. The van der Waals surface area contributed by atoms with Gasteiger partial charge in [0.2, 0.25) is 0 Å². The SMILES string of the molecule is O=C(Nc1ccc(-c2nc3ccc(NC(=O)c4ccc(NC(=O)c5ccccc5[N+](=O)[O-])cc4)c(Cl)c3[nH]2)cc1)c1ccc(NC(=O)c2ccccc2[N+](=O)[O-])cc1. The number of para-hydroxylation sites is 2. The van der Waals surface area contributed by atoms with Gasteiger partial charge in [0, 0.05) is 45.9 Å². The van der Waals surface area contributed by atoms with E-state index in [0.29, 0.717) is 50.7 Å². The van der Waals surface area contributed by atoms with Gasteiger partial charge < -0.3 is 26.3 Å². The third-order valence-corrected chi connectivity index (χ3v) is 9.15. The standard InChI is InChI=1S/C41H27ClN8O8/c42-35-31(47-39(52)25-13-19-28(20-14-25)45-41(54)30-6-2-4-8-34(30)50(57)58)21-22-32-36(35)48-37(46-32)23-9-15-26(16-10-23)43-38(51)24-11-17-27(18-12-24)44-40(53)29-5-1-3-7-33(29)49(55)56/h1-22H,(H,43,51)(H,44,53)(H,45,54)(H,46,48)(H,47,52). The van der Waals surface area contributed by atoms with Crippen molar-refractivity contribution in [3.63, 3.8) is 0 Å². The molecule has 0 radical (unpaired) electrons. The summed E-state index contributed by atoms with van der Waals surface area (Å²) in [6, 6.07) is 33.4. The van der Waals surface area contributed by atoms with E-state index in [1.807, 2.05) is 0 Å². The van der Waals surface area contributed by atoms with Crippen LogP contribution in [-0.4, -0.2) is 43.4 Å². The Kier molecular flexibility index (Phi) is 10.7. The lowest BCUT2D eigenvalue weighted by Gasteiger charge is -2.09. The predicted octanol–water partition coefficient (Wildman–Crippen LogP) is 8.71. The van der Waals surface area contributed by atoms with E-state index in [0.717, 1.165) is 0 Å². The number of H-pyrrole nitrogens is 1. The van der Waals surface area contributed by atoms with Gasteiger partial charge in [-0.1, -0.05) is 35.9 Å². The Bertz CT molecular complexity index is 2770. The van der Waals surface area contributed by atoms with Crippen molar-refractivity contribution in [2.45, 2.75) is 0 Å². The Labute approximate surface area is 332 Å². The minimum atomic E-state index is -0.668. The van der Waals surface area contributed by atoms with Crippen molar-refractivity contribution in [2.24, 2.45) is 0 Å². The van der Waals surface area contributed by atoms with E-state index in [2.05, 4.69) is 31.2 Å². The number of fused-ring (bicyclic) bond motifs is 1. The number of aromatic amines is 1. The second-order valence-corrected chi connectivity index (χ2v) is 12.9. The van der Waals surface area contributed by atoms with Crippen LogP contribution < -0.4 is 21.3 Å². The van der Waals surface area contributed by atoms with E-state index in [-0.39, 0.29) is 33.1 Å². The van der Waals surface area contributed by atoms with Crippen LogP contribution in [0, 0.1) is 20.2 Å². The van der Waals surface area contributed by atoms with Crippen LogP contribution in [0.15, 0.2) is 133 Å². The van der Waals surface area contributed by atoms with Crippen molar-refractivity contribution < 1.29 is 29.0 Å². The van der Waals surface area contributed by atoms with Gasteiger partial charge in [-0.2, -0.15) is 0 Å². The molecule has 0 saturated carbocycles. The maximum absolute atomic E-state index is 13.1. The highest BCUT2D eigenvalue weighted by Gasteiger charge is 2.21. The van der Waals surface area contributed by atoms with Crippen molar-refractivity contribution >= 4 is 80.4 Å². The Hall–Kier alpha value is -8.24. The number of imidazole rings is 1. The minimum Gasteiger partial charge on any atom is -0.337 e. The molecule has 0 fully saturated rings. The van der Waals surface area contributed by atoms with Crippen molar-refractivity contribution in [1.82, 2.24) is 9.97 Å². The zero-order valence-electron chi connectivity index (χ0n) is 29.7. The number of nitrogens with one attached hydrogen (secondary N) is 5. The Morgan fingerprint density at radius 2 is 0.966 bits per heavy atom. The average molecular weight is 795 g/mol. The van der Waals surface area contributed by atoms with E-state index >= 15 is 0 Å². The first-order valence-electron chi connectivity index (χ1n) is 17.2. The molecule has 5 N–H and O–H groups in total. The fourth-order valence-corrected chi connectivity index (χ4v) is 6.10. The molecule has 0 bridgehead atoms. The molecule has 7 aromatic rings. The number of nitrogens with zero attached hydrogens (tertiary/aromatic N) is 3. The van der Waals surface area contributed by atoms with Crippen LogP contribution >= 0.6 is 11.6 Å². The predicted molar refractivity (Wildman–Crippen MR) is 217 cm³/mol. The average Bonchev–Trinajstić information content (AvgIpc) is 3.68. The molecule has 286 valence electrons. The molecule has 0 aliphatic heterocycles. The van der Waals surface area contributed by atoms with Gasteiger partial charge in [-0.3, -0.25) is 39.4 Å². The van der Waals surface area contributed by atoms with E-state index in [9.17, 15) is 39.4 Å². The topological polar surface area (TPSA) is 231 Å². The van der Waals surface area contributed by atoms with Gasteiger partial charge in [0.05, 0.1) is 31.6 Å². The molecule has 7 rings (SSSR count). The molecular weight excluding hydrogens is 768 g/mol. The van der Waals surface area contributed by atoms with Crippen LogP contribution in [0.3, 0.4) is 0 Å². The number of anilines is 4. The number of halogens is 1. The lowest BCUT2D eigenvalue weighted by Crippen LogP contribution is -2.15. The van der Waals surface area contributed by atoms with E-state index in [4.69, 9.17) is 11.6 Å². The van der Waals surface area contributed by atoms with Crippen molar-refractivity contribution in [3.05, 3.63) is 181 Å². The Morgan fingerprint density at radius 3 is 1.45 bits per heavy atom. The maximum Gasteiger partial charge on any atom is 0.282 e. The maximum atomic E-state index is 13.1. The van der Waals surface area contributed by atoms with Gasteiger partial charge in [0.15, 0.2) is 0 Å².